The summed E-state index contributed by atoms with van der Waals surface area (Å²) in [6, 6.07) is 9.90. The lowest BCUT2D eigenvalue weighted by molar-refractivity contribution is -0.694. The normalized spacial score (nSPS) is 11.8. The molecule has 63 heavy (non-hydrogen) atoms. The maximum atomic E-state index is 15.4. The van der Waals surface area contributed by atoms with Gasteiger partial charge in [-0.05, 0) is 34.8 Å². The second-order valence-corrected chi connectivity index (χ2v) is 14.6. The number of ether oxygens (including phenoxy) is 1. The van der Waals surface area contributed by atoms with Gasteiger partial charge in [-0.1, -0.05) is 30.3 Å². The van der Waals surface area contributed by atoms with Crippen molar-refractivity contribution in [1.82, 2.24) is 4.98 Å². The number of benzene rings is 5. The van der Waals surface area contributed by atoms with Crippen LogP contribution in [0, 0.1) is 116 Å². The lowest BCUT2D eigenvalue weighted by Gasteiger charge is -2.44. The van der Waals surface area contributed by atoms with Crippen molar-refractivity contribution in [2.24, 2.45) is 0 Å². The van der Waals surface area contributed by atoms with Gasteiger partial charge in [0.15, 0.2) is 82.5 Å². The highest BCUT2D eigenvalue weighted by molar-refractivity contribution is 7.20. The molecule has 0 atom stereocenters. The zero-order valence-electron chi connectivity index (χ0n) is 29.4. The molecular formula is C36H10BCl3F20N2O. The Balaban J connectivity index is 0.000000345. The number of aromatic nitrogens is 2. The van der Waals surface area contributed by atoms with E-state index < -0.39 is 148 Å². The van der Waals surface area contributed by atoms with Gasteiger partial charge in [0.1, 0.15) is 58.9 Å². The van der Waals surface area contributed by atoms with E-state index in [1.807, 2.05) is 34.9 Å². The van der Waals surface area contributed by atoms with Crippen LogP contribution in [0.25, 0.3) is 0 Å². The molecule has 0 aliphatic carbocycles. The molecule has 0 fully saturated rings. The van der Waals surface area contributed by atoms with E-state index in [4.69, 9.17) is 39.5 Å². The van der Waals surface area contributed by atoms with Crippen LogP contribution < -0.4 is 31.2 Å². The van der Waals surface area contributed by atoms with Crippen LogP contribution in [0.1, 0.15) is 5.56 Å². The topological polar surface area (TPSA) is 26.0 Å². The molecule has 0 unspecified atom stereocenters. The van der Waals surface area contributed by atoms with Crippen molar-refractivity contribution < 1.29 is 97.1 Å². The van der Waals surface area contributed by atoms with Crippen LogP contribution in [0.4, 0.5) is 87.8 Å². The molecule has 6 aromatic rings. The minimum absolute atomic E-state index is 0.390. The Morgan fingerprint density at radius 3 is 0.968 bits per heavy atom. The molecule has 0 saturated carbocycles. The molecule has 0 radical (unpaired) electrons. The molecule has 0 spiro atoms. The van der Waals surface area contributed by atoms with Crippen LogP contribution in [0.2, 0.25) is 0 Å². The Bertz CT molecular complexity index is 2420. The average Bonchev–Trinajstić information content (AvgIpc) is 3.24. The molecule has 0 saturated heterocycles. The minimum Gasteiger partial charge on any atom is -0.391 e. The summed E-state index contributed by atoms with van der Waals surface area (Å²) in [5, 5.41) is 0. The second kappa shape index (κ2) is 17.9. The predicted molar refractivity (Wildman–Crippen MR) is 180 cm³/mol. The van der Waals surface area contributed by atoms with E-state index in [1.165, 1.54) is 6.20 Å². The predicted octanol–water partition coefficient (Wildman–Crippen LogP) is 8.97. The van der Waals surface area contributed by atoms with Crippen LogP contribution in [-0.4, -0.2) is 15.1 Å². The van der Waals surface area contributed by atoms with Crippen molar-refractivity contribution in [3.05, 3.63) is 171 Å². The van der Waals surface area contributed by atoms with Gasteiger partial charge < -0.3 is 4.74 Å². The Morgan fingerprint density at radius 1 is 0.429 bits per heavy atom. The third-order valence-corrected chi connectivity index (χ3v) is 9.16. The Kier molecular flexibility index (Phi) is 13.8. The van der Waals surface area contributed by atoms with Crippen LogP contribution in [0.5, 0.6) is 5.88 Å². The second-order valence-electron chi connectivity index (χ2n) is 12.4. The van der Waals surface area contributed by atoms with Gasteiger partial charge in [-0.15, -0.1) is 21.9 Å². The van der Waals surface area contributed by atoms with Crippen LogP contribution >= 0.6 is 34.8 Å². The average molecular weight is 984 g/mol. The van der Waals surface area contributed by atoms with E-state index in [0.717, 1.165) is 5.56 Å². The summed E-state index contributed by atoms with van der Waals surface area (Å²) in [7, 11) is 0. The van der Waals surface area contributed by atoms with E-state index in [2.05, 4.69) is 4.98 Å². The Hall–Kier alpha value is -5.49. The molecule has 3 nitrogen and oxygen atoms in total. The highest BCUT2D eigenvalue weighted by Crippen LogP contribution is 2.31. The number of hydrogen-bond donors (Lipinski definition) is 0. The SMILES string of the molecule is ClC(Cl)(Cl)Oc1cncc[n+]1Cc1ccccc1.Fc1c(F)c(F)c([B-](c2c(F)c(F)c(F)c(F)c2F)(c2c(F)c(F)c(F)c(F)c2F)c2c(F)c(F)c(F)c(F)c2F)c(F)c1F. The quantitative estimate of drug-likeness (QED) is 0.0399. The fraction of sp³-hybridized carbons (Fsp3) is 0.0556. The van der Waals surface area contributed by atoms with E-state index in [0.29, 0.717) is 12.4 Å². The summed E-state index contributed by atoms with van der Waals surface area (Å²) in [6.45, 7) is 0.611. The van der Waals surface area contributed by atoms with E-state index in [1.54, 1.807) is 12.4 Å². The van der Waals surface area contributed by atoms with Crippen molar-refractivity contribution in [1.29, 1.82) is 0 Å². The third-order valence-electron chi connectivity index (χ3n) is 8.92. The maximum Gasteiger partial charge on any atom is 0.390 e. The van der Waals surface area contributed by atoms with Gasteiger partial charge in [0, 0.05) is 5.56 Å². The highest BCUT2D eigenvalue weighted by atomic mass is 35.6. The Morgan fingerprint density at radius 2 is 0.698 bits per heavy atom. The van der Waals surface area contributed by atoms with Gasteiger partial charge in [0.2, 0.25) is 0 Å². The zero-order valence-corrected chi connectivity index (χ0v) is 31.7. The van der Waals surface area contributed by atoms with Crippen LogP contribution in [0.15, 0.2) is 48.9 Å². The summed E-state index contributed by atoms with van der Waals surface area (Å²) < 4.78 is 299. The maximum absolute atomic E-state index is 15.4. The van der Waals surface area contributed by atoms with Gasteiger partial charge in [-0.3, -0.25) is 0 Å². The summed E-state index contributed by atoms with van der Waals surface area (Å²) in [4.78, 5) is 3.95. The van der Waals surface area contributed by atoms with Crippen molar-refractivity contribution in [3.63, 3.8) is 0 Å². The lowest BCUT2D eigenvalue weighted by atomic mass is 9.12. The summed E-state index contributed by atoms with van der Waals surface area (Å²) >= 11 is 16.8. The molecule has 0 N–H and O–H groups in total. The van der Waals surface area contributed by atoms with Crippen molar-refractivity contribution in [2.45, 2.75) is 10.5 Å². The number of hydrogen-bond acceptors (Lipinski definition) is 2. The van der Waals surface area contributed by atoms with Gasteiger partial charge in [0.25, 0.3) is 0 Å². The molecule has 6 rings (SSSR count). The molecular weight excluding hydrogens is 974 g/mol. The first-order chi connectivity index (χ1) is 29.2. The molecule has 1 heterocycles. The van der Waals surface area contributed by atoms with Gasteiger partial charge >= 0.3 is 9.86 Å². The Labute approximate surface area is 351 Å². The fourth-order valence-electron chi connectivity index (χ4n) is 6.36. The van der Waals surface area contributed by atoms with Crippen molar-refractivity contribution >= 4 is 62.8 Å². The zero-order chi connectivity index (χ0) is 47.4. The standard InChI is InChI=1S/C24BF20.C12H10Cl3N2O/c26-5-1(6(27)14(35)21(42)13(5)34)25(2-7(28)15(36)22(43)16(37)8(2)29,3-9(30)17(38)23(44)18(39)10(3)31)4-11(32)19(40)24(45)20(41)12(4)33;13-12(14,15)18-11-8-16-6-7-17(11)9-10-4-2-1-3-5-10/h;1-8H,9H2/q-1;+1. The van der Waals surface area contributed by atoms with Gasteiger partial charge in [-0.2, -0.15) is 4.57 Å². The van der Waals surface area contributed by atoms with Crippen molar-refractivity contribution in [3.8, 4) is 5.88 Å². The van der Waals surface area contributed by atoms with E-state index >= 15 is 35.1 Å². The molecule has 5 aromatic carbocycles. The van der Waals surface area contributed by atoms with Gasteiger partial charge in [-0.25, -0.2) is 92.8 Å². The molecule has 0 bridgehead atoms. The van der Waals surface area contributed by atoms with Crippen LogP contribution in [0.3, 0.4) is 0 Å². The minimum atomic E-state index is -7.22. The first-order valence-electron chi connectivity index (χ1n) is 16.1. The number of halogens is 23. The third kappa shape index (κ3) is 8.27. The number of nitrogens with zero attached hydrogens (tertiary/aromatic N) is 2. The van der Waals surface area contributed by atoms with E-state index in [-0.39, 0.29) is 0 Å². The van der Waals surface area contributed by atoms with Gasteiger partial charge in [0.05, 0.1) is 6.20 Å². The monoisotopic (exact) mass is 982 g/mol. The number of alkyl halides is 3. The fourth-order valence-corrected chi connectivity index (χ4v) is 6.60. The smallest absolute Gasteiger partial charge is 0.390 e. The lowest BCUT2D eigenvalue weighted by Crippen LogP contribution is -2.81. The molecule has 0 aliphatic heterocycles. The highest BCUT2D eigenvalue weighted by Gasteiger charge is 2.52. The summed E-state index contributed by atoms with van der Waals surface area (Å²) in [5.74, 6) is -71.0. The largest absolute Gasteiger partial charge is 0.391 e. The van der Waals surface area contributed by atoms with Crippen LogP contribution in [-0.2, 0) is 6.54 Å². The molecule has 334 valence electrons. The number of rotatable bonds is 7. The van der Waals surface area contributed by atoms with E-state index in [9.17, 15) is 52.7 Å². The molecule has 27 heteroatoms. The summed E-state index contributed by atoms with van der Waals surface area (Å²) in [6.07, 6.45) is -2.30. The summed E-state index contributed by atoms with van der Waals surface area (Å²) in [5.41, 5.74) is -13.2. The first kappa shape index (κ1) is 48.5. The molecule has 0 amide bonds. The first-order valence-corrected chi connectivity index (χ1v) is 17.2. The molecule has 1 aromatic heterocycles. The van der Waals surface area contributed by atoms with Crippen molar-refractivity contribution in [2.75, 3.05) is 0 Å². The molecule has 0 aliphatic rings.